The number of benzene rings is 3. The molecule has 1 fully saturated rings. The van der Waals surface area contributed by atoms with Gasteiger partial charge < -0.3 is 19.3 Å². The van der Waals surface area contributed by atoms with Crippen molar-refractivity contribution in [3.63, 3.8) is 0 Å². The molecule has 0 radical (unpaired) electrons. The molecule has 3 aromatic rings. The molecule has 2 aliphatic heterocycles. The lowest BCUT2D eigenvalue weighted by Gasteiger charge is -2.41. The van der Waals surface area contributed by atoms with Crippen molar-refractivity contribution < 1.29 is 23.0 Å². The lowest BCUT2D eigenvalue weighted by Crippen LogP contribution is -2.55. The van der Waals surface area contributed by atoms with E-state index in [0.717, 1.165) is 17.7 Å². The molecule has 0 spiro atoms. The third-order valence-corrected chi connectivity index (χ3v) is 6.11. The minimum atomic E-state index is -0.859. The standard InChI is InChI=1S/C26H23F2N3O3/c1-16-15-30(13-14-31(16)26(32)23-18(27)8-6-9-19(23)28)25-17-7-5-12-22(33-2)24(17)34-21-11-4-3-10-20(21)29-25/h3-12,16H,13-15H2,1-2H3/t16-/m0/s1. The summed E-state index contributed by atoms with van der Waals surface area (Å²) in [5.74, 6) is 0.0773. The second-order valence-electron chi connectivity index (χ2n) is 8.23. The number of amidine groups is 1. The Bertz CT molecular complexity index is 1270. The molecule has 6 nitrogen and oxygen atoms in total. The number of rotatable bonds is 2. The molecule has 3 aromatic carbocycles. The Balaban J connectivity index is 1.48. The number of aliphatic imine (C=N–C) groups is 1. The molecule has 0 N–H and O–H groups in total. The number of amides is 1. The fourth-order valence-electron chi connectivity index (χ4n) is 4.42. The summed E-state index contributed by atoms with van der Waals surface area (Å²) in [6, 6.07) is 16.2. The number of ether oxygens (including phenoxy) is 2. The number of nitrogens with zero attached hydrogens (tertiary/aromatic N) is 3. The van der Waals surface area contributed by atoms with Gasteiger partial charge in [0, 0.05) is 25.7 Å². The smallest absolute Gasteiger partial charge is 0.260 e. The molecule has 2 heterocycles. The maximum absolute atomic E-state index is 14.2. The number of hydrogen-bond donors (Lipinski definition) is 0. The van der Waals surface area contributed by atoms with Gasteiger partial charge in [0.15, 0.2) is 17.2 Å². The van der Waals surface area contributed by atoms with Crippen LogP contribution in [-0.4, -0.2) is 54.3 Å². The van der Waals surface area contributed by atoms with E-state index in [1.165, 1.54) is 11.0 Å². The van der Waals surface area contributed by atoms with Gasteiger partial charge in [0.1, 0.15) is 28.7 Å². The van der Waals surface area contributed by atoms with Gasteiger partial charge in [-0.1, -0.05) is 24.3 Å². The van der Waals surface area contributed by atoms with Crippen molar-refractivity contribution in [3.05, 3.63) is 83.4 Å². The van der Waals surface area contributed by atoms with E-state index in [-0.39, 0.29) is 12.6 Å². The van der Waals surface area contributed by atoms with Gasteiger partial charge in [-0.3, -0.25) is 4.79 Å². The third kappa shape index (κ3) is 3.75. The van der Waals surface area contributed by atoms with E-state index in [1.54, 1.807) is 7.11 Å². The van der Waals surface area contributed by atoms with Crippen molar-refractivity contribution in [2.24, 2.45) is 4.99 Å². The third-order valence-electron chi connectivity index (χ3n) is 6.11. The topological polar surface area (TPSA) is 54.4 Å². The van der Waals surface area contributed by atoms with E-state index < -0.39 is 23.1 Å². The molecular weight excluding hydrogens is 440 g/mol. The Hall–Kier alpha value is -3.94. The number of hydrogen-bond acceptors (Lipinski definition) is 5. The summed E-state index contributed by atoms with van der Waals surface area (Å²) in [4.78, 5) is 21.5. The van der Waals surface area contributed by atoms with Crippen LogP contribution in [0, 0.1) is 11.6 Å². The van der Waals surface area contributed by atoms with Crippen molar-refractivity contribution in [2.45, 2.75) is 13.0 Å². The SMILES string of the molecule is COc1cccc2c1Oc1ccccc1N=C2N1CCN(C(=O)c2c(F)cccc2F)[C@@H](C)C1. The minimum absolute atomic E-state index is 0.286. The lowest BCUT2D eigenvalue weighted by atomic mass is 10.1. The van der Waals surface area contributed by atoms with Crippen LogP contribution in [0.1, 0.15) is 22.8 Å². The fraction of sp³-hybridized carbons (Fsp3) is 0.231. The highest BCUT2D eigenvalue weighted by molar-refractivity contribution is 6.04. The van der Waals surface area contributed by atoms with Gasteiger partial charge in [0.05, 0.1) is 12.7 Å². The number of halogens is 2. The maximum atomic E-state index is 14.2. The molecule has 0 saturated carbocycles. The number of para-hydroxylation sites is 3. The second-order valence-corrected chi connectivity index (χ2v) is 8.23. The van der Waals surface area contributed by atoms with Crippen LogP contribution in [0.25, 0.3) is 0 Å². The van der Waals surface area contributed by atoms with Gasteiger partial charge >= 0.3 is 0 Å². The summed E-state index contributed by atoms with van der Waals surface area (Å²) in [7, 11) is 1.58. The largest absolute Gasteiger partial charge is 0.493 e. The van der Waals surface area contributed by atoms with Crippen molar-refractivity contribution in [3.8, 4) is 17.2 Å². The lowest BCUT2D eigenvalue weighted by molar-refractivity contribution is 0.0571. The van der Waals surface area contributed by atoms with Gasteiger partial charge in [0.2, 0.25) is 0 Å². The molecule has 0 aliphatic carbocycles. The highest BCUT2D eigenvalue weighted by Gasteiger charge is 2.34. The summed E-state index contributed by atoms with van der Waals surface area (Å²) < 4.78 is 40.2. The van der Waals surface area contributed by atoms with Crippen LogP contribution in [-0.2, 0) is 0 Å². The molecule has 0 unspecified atom stereocenters. The van der Waals surface area contributed by atoms with Crippen molar-refractivity contribution in [1.29, 1.82) is 0 Å². The second kappa shape index (κ2) is 8.78. The van der Waals surface area contributed by atoms with Crippen LogP contribution < -0.4 is 9.47 Å². The number of carbonyl (C=O) groups excluding carboxylic acids is 1. The molecule has 0 aromatic heterocycles. The zero-order valence-electron chi connectivity index (χ0n) is 18.8. The molecule has 2 aliphatic rings. The predicted molar refractivity (Wildman–Crippen MR) is 124 cm³/mol. The molecule has 8 heteroatoms. The Morgan fingerprint density at radius 2 is 1.76 bits per heavy atom. The zero-order valence-corrected chi connectivity index (χ0v) is 18.8. The van der Waals surface area contributed by atoms with Gasteiger partial charge in [-0.05, 0) is 43.3 Å². The monoisotopic (exact) mass is 463 g/mol. The first-order chi connectivity index (χ1) is 16.5. The van der Waals surface area contributed by atoms with E-state index in [0.29, 0.717) is 41.9 Å². The van der Waals surface area contributed by atoms with Gasteiger partial charge in [-0.15, -0.1) is 0 Å². The van der Waals surface area contributed by atoms with E-state index in [2.05, 4.69) is 4.90 Å². The Morgan fingerprint density at radius 3 is 2.50 bits per heavy atom. The van der Waals surface area contributed by atoms with Crippen molar-refractivity contribution >= 4 is 17.4 Å². The summed E-state index contributed by atoms with van der Waals surface area (Å²) in [5.41, 5.74) is 0.921. The molecule has 1 amide bonds. The van der Waals surface area contributed by atoms with E-state index in [1.807, 2.05) is 49.4 Å². The molecule has 0 bridgehead atoms. The van der Waals surface area contributed by atoms with Crippen LogP contribution in [0.4, 0.5) is 14.5 Å². The quantitative estimate of drug-likeness (QED) is 0.537. The predicted octanol–water partition coefficient (Wildman–Crippen LogP) is 5.00. The Labute approximate surface area is 196 Å². The van der Waals surface area contributed by atoms with Crippen LogP contribution >= 0.6 is 0 Å². The van der Waals surface area contributed by atoms with E-state index in [9.17, 15) is 13.6 Å². The first-order valence-corrected chi connectivity index (χ1v) is 11.0. The number of piperazine rings is 1. The van der Waals surface area contributed by atoms with Crippen LogP contribution in [0.3, 0.4) is 0 Å². The van der Waals surface area contributed by atoms with Crippen LogP contribution in [0.5, 0.6) is 17.2 Å². The molecule has 174 valence electrons. The highest BCUT2D eigenvalue weighted by Crippen LogP contribution is 2.42. The average Bonchev–Trinajstić information content (AvgIpc) is 3.00. The van der Waals surface area contributed by atoms with Crippen molar-refractivity contribution in [1.82, 2.24) is 9.80 Å². The number of methoxy groups -OCH3 is 1. The Kier molecular flexibility index (Phi) is 5.65. The summed E-state index contributed by atoms with van der Waals surface area (Å²) in [6.45, 7) is 3.01. The normalized spacial score (nSPS) is 17.2. The zero-order chi connectivity index (χ0) is 23.8. The van der Waals surface area contributed by atoms with Gasteiger partial charge in [-0.2, -0.15) is 0 Å². The summed E-state index contributed by atoms with van der Waals surface area (Å²) in [6.07, 6.45) is 0. The molecular formula is C26H23F2N3O3. The number of fused-ring (bicyclic) bond motifs is 2. The first kappa shape index (κ1) is 21.9. The fourth-order valence-corrected chi connectivity index (χ4v) is 4.42. The molecule has 1 saturated heterocycles. The summed E-state index contributed by atoms with van der Waals surface area (Å²) >= 11 is 0. The number of carbonyl (C=O) groups is 1. The molecule has 5 rings (SSSR count). The minimum Gasteiger partial charge on any atom is -0.493 e. The van der Waals surface area contributed by atoms with E-state index >= 15 is 0 Å². The first-order valence-electron chi connectivity index (χ1n) is 11.0. The Morgan fingerprint density at radius 1 is 1.03 bits per heavy atom. The van der Waals surface area contributed by atoms with E-state index in [4.69, 9.17) is 14.5 Å². The van der Waals surface area contributed by atoms with Gasteiger partial charge in [0.25, 0.3) is 5.91 Å². The summed E-state index contributed by atoms with van der Waals surface area (Å²) in [5, 5.41) is 0. The van der Waals surface area contributed by atoms with Gasteiger partial charge in [-0.25, -0.2) is 13.8 Å². The average molecular weight is 463 g/mol. The maximum Gasteiger partial charge on any atom is 0.260 e. The van der Waals surface area contributed by atoms with Crippen LogP contribution in [0.15, 0.2) is 65.7 Å². The molecule has 34 heavy (non-hydrogen) atoms. The molecule has 1 atom stereocenters. The van der Waals surface area contributed by atoms with Crippen molar-refractivity contribution in [2.75, 3.05) is 26.7 Å². The highest BCUT2D eigenvalue weighted by atomic mass is 19.1. The van der Waals surface area contributed by atoms with Crippen LogP contribution in [0.2, 0.25) is 0 Å².